The Morgan fingerprint density at radius 3 is 2.47 bits per heavy atom. The zero-order chi connectivity index (χ0) is 22.3. The van der Waals surface area contributed by atoms with E-state index in [-0.39, 0.29) is 16.1 Å². The fourth-order valence-electron chi connectivity index (χ4n) is 5.93. The summed E-state index contributed by atoms with van der Waals surface area (Å²) >= 11 is 0. The minimum atomic E-state index is -3.79. The molecule has 0 radical (unpaired) electrons. The molecule has 1 saturated heterocycles. The lowest BCUT2D eigenvalue weighted by Crippen LogP contribution is -2.48. The molecule has 3 heterocycles. The maximum Gasteiger partial charge on any atom is 0.275 e. The third-order valence-electron chi connectivity index (χ3n) is 7.50. The molecule has 1 aromatic heterocycles. The predicted molar refractivity (Wildman–Crippen MR) is 127 cm³/mol. The van der Waals surface area contributed by atoms with Crippen LogP contribution in [0.2, 0.25) is 0 Å². The highest BCUT2D eigenvalue weighted by atomic mass is 32.2. The van der Waals surface area contributed by atoms with Crippen molar-refractivity contribution in [2.75, 3.05) is 24.4 Å². The number of aromatic nitrogens is 1. The summed E-state index contributed by atoms with van der Waals surface area (Å²) < 4.78 is 29.9. The molecule has 172 valence electrons. The molecule has 1 N–H and O–H groups in total. The molecular formula is C25H33N3O3S. The first-order valence-corrected chi connectivity index (χ1v) is 13.4. The van der Waals surface area contributed by atoms with E-state index in [1.807, 2.05) is 17.6 Å². The van der Waals surface area contributed by atoms with Crippen molar-refractivity contribution in [1.82, 2.24) is 9.47 Å². The lowest BCUT2D eigenvalue weighted by molar-refractivity contribution is 0.0968. The molecule has 32 heavy (non-hydrogen) atoms. The largest absolute Gasteiger partial charge is 0.310 e. The van der Waals surface area contributed by atoms with Crippen molar-refractivity contribution in [1.29, 1.82) is 0 Å². The van der Waals surface area contributed by atoms with Crippen molar-refractivity contribution in [3.8, 4) is 0 Å². The fraction of sp³-hybridized carbons (Fsp3) is 0.560. The molecule has 0 spiro atoms. The Labute approximate surface area is 190 Å². The predicted octanol–water partition coefficient (Wildman–Crippen LogP) is 3.96. The van der Waals surface area contributed by atoms with Crippen LogP contribution in [0.4, 0.5) is 5.69 Å². The summed E-state index contributed by atoms with van der Waals surface area (Å²) in [6, 6.07) is 10.3. The number of nitrogens with zero attached hydrogens (tertiary/aromatic N) is 2. The highest BCUT2D eigenvalue weighted by Crippen LogP contribution is 2.36. The van der Waals surface area contributed by atoms with Gasteiger partial charge in [-0.2, -0.15) is 0 Å². The first-order chi connectivity index (χ1) is 15.4. The first kappa shape index (κ1) is 21.7. The zero-order valence-corrected chi connectivity index (χ0v) is 19.6. The van der Waals surface area contributed by atoms with E-state index >= 15 is 0 Å². The Hall–Kier alpha value is -2.12. The van der Waals surface area contributed by atoms with Crippen LogP contribution in [0.25, 0.3) is 0 Å². The van der Waals surface area contributed by atoms with Gasteiger partial charge < -0.3 is 9.47 Å². The van der Waals surface area contributed by atoms with E-state index in [9.17, 15) is 13.2 Å². The summed E-state index contributed by atoms with van der Waals surface area (Å²) in [5.41, 5.74) is 1.95. The van der Waals surface area contributed by atoms with Crippen molar-refractivity contribution in [2.24, 2.45) is 11.8 Å². The number of pyridine rings is 1. The minimum Gasteiger partial charge on any atom is -0.310 e. The van der Waals surface area contributed by atoms with Crippen molar-refractivity contribution in [2.45, 2.75) is 62.8 Å². The lowest BCUT2D eigenvalue weighted by atomic mass is 9.81. The molecule has 2 atom stereocenters. The Kier molecular flexibility index (Phi) is 5.88. The van der Waals surface area contributed by atoms with Crippen LogP contribution < -0.4 is 10.3 Å². The van der Waals surface area contributed by atoms with Gasteiger partial charge in [0.2, 0.25) is 0 Å². The van der Waals surface area contributed by atoms with E-state index in [0.29, 0.717) is 18.4 Å². The van der Waals surface area contributed by atoms with Gasteiger partial charge in [0.05, 0.1) is 4.90 Å². The number of hydrogen-bond acceptors (Lipinski definition) is 4. The van der Waals surface area contributed by atoms with Gasteiger partial charge in [-0.15, -0.1) is 0 Å². The maximum atomic E-state index is 13.2. The minimum absolute atomic E-state index is 0.133. The molecule has 2 fully saturated rings. The van der Waals surface area contributed by atoms with Gasteiger partial charge in [-0.05, 0) is 62.3 Å². The maximum absolute atomic E-state index is 13.2. The molecule has 1 aliphatic carbocycles. The van der Waals surface area contributed by atoms with Crippen LogP contribution in [0.3, 0.4) is 0 Å². The number of piperidine rings is 1. The summed E-state index contributed by atoms with van der Waals surface area (Å²) in [6.45, 7) is 5.81. The summed E-state index contributed by atoms with van der Waals surface area (Å²) in [5.74, 6) is 1.62. The zero-order valence-electron chi connectivity index (χ0n) is 18.8. The summed E-state index contributed by atoms with van der Waals surface area (Å²) in [6.07, 6.45) is 7.94. The normalized spacial score (nSPS) is 24.2. The van der Waals surface area contributed by atoms with Gasteiger partial charge in [0.1, 0.15) is 5.69 Å². The van der Waals surface area contributed by atoms with Crippen molar-refractivity contribution in [3.63, 3.8) is 0 Å². The number of benzene rings is 1. The van der Waals surface area contributed by atoms with Crippen LogP contribution in [0.15, 0.2) is 46.1 Å². The lowest BCUT2D eigenvalue weighted by Gasteiger charge is -2.44. The molecule has 3 aliphatic rings. The van der Waals surface area contributed by atoms with Crippen LogP contribution in [-0.2, 0) is 16.6 Å². The summed E-state index contributed by atoms with van der Waals surface area (Å²) in [4.78, 5) is 16.0. The van der Waals surface area contributed by atoms with Gasteiger partial charge in [-0.25, -0.2) is 8.42 Å². The number of nitrogens with one attached hydrogen (secondary N) is 1. The van der Waals surface area contributed by atoms with E-state index < -0.39 is 10.0 Å². The number of aryl methyl sites for hydroxylation is 1. The SMILES string of the molecule is Cc1ccc(S(=O)(=O)Nc2ccc3n(c2=O)C[C@H]2C[C@@H]3CN(CC3CCCCC3)C2)cc1. The van der Waals surface area contributed by atoms with Crippen LogP contribution >= 0.6 is 0 Å². The molecule has 0 unspecified atom stereocenters. The van der Waals surface area contributed by atoms with Gasteiger partial charge in [-0.3, -0.25) is 9.52 Å². The van der Waals surface area contributed by atoms with E-state index in [2.05, 4.69) is 9.62 Å². The Morgan fingerprint density at radius 1 is 0.969 bits per heavy atom. The van der Waals surface area contributed by atoms with E-state index in [0.717, 1.165) is 36.7 Å². The second-order valence-electron chi connectivity index (χ2n) is 10.0. The van der Waals surface area contributed by atoms with Gasteiger partial charge in [0.15, 0.2) is 0 Å². The highest BCUT2D eigenvalue weighted by Gasteiger charge is 2.36. The van der Waals surface area contributed by atoms with E-state index in [1.165, 1.54) is 38.6 Å². The van der Waals surface area contributed by atoms with Gasteiger partial charge in [-0.1, -0.05) is 37.0 Å². The smallest absolute Gasteiger partial charge is 0.275 e. The standard InChI is InChI=1S/C25H33N3O3S/c1-18-7-9-22(10-8-18)32(30,31)26-23-11-12-24-21-13-20(16-28(24)25(23)29)15-27(17-21)14-19-5-3-2-4-6-19/h7-12,19-21,26H,2-6,13-17H2,1H3/t20-,21+/m0/s1. The second-order valence-corrected chi connectivity index (χ2v) is 11.7. The third-order valence-corrected chi connectivity index (χ3v) is 8.88. The molecular weight excluding hydrogens is 422 g/mol. The molecule has 7 heteroatoms. The van der Waals surface area contributed by atoms with Crippen molar-refractivity contribution in [3.05, 3.63) is 58.0 Å². The van der Waals surface area contributed by atoms with Crippen LogP contribution in [0.5, 0.6) is 0 Å². The van der Waals surface area contributed by atoms with Gasteiger partial charge in [0, 0.05) is 37.8 Å². The quantitative estimate of drug-likeness (QED) is 0.741. The molecule has 1 aromatic carbocycles. The Balaban J connectivity index is 1.35. The number of anilines is 1. The second kappa shape index (κ2) is 8.67. The van der Waals surface area contributed by atoms with Crippen molar-refractivity contribution >= 4 is 15.7 Å². The van der Waals surface area contributed by atoms with Crippen LogP contribution in [0, 0.1) is 18.8 Å². The summed E-state index contributed by atoms with van der Waals surface area (Å²) in [7, 11) is -3.79. The number of fused-ring (bicyclic) bond motifs is 4. The van der Waals surface area contributed by atoms with Gasteiger partial charge >= 0.3 is 0 Å². The highest BCUT2D eigenvalue weighted by molar-refractivity contribution is 7.92. The van der Waals surface area contributed by atoms with Crippen LogP contribution in [-0.4, -0.2) is 37.5 Å². The number of rotatable bonds is 5. The Bertz CT molecular complexity index is 1130. The van der Waals surface area contributed by atoms with E-state index in [1.54, 1.807) is 30.3 Å². The average molecular weight is 456 g/mol. The molecule has 5 rings (SSSR count). The van der Waals surface area contributed by atoms with Gasteiger partial charge in [0.25, 0.3) is 15.6 Å². The average Bonchev–Trinajstić information content (AvgIpc) is 2.77. The molecule has 1 saturated carbocycles. The van der Waals surface area contributed by atoms with Crippen LogP contribution in [0.1, 0.15) is 55.7 Å². The summed E-state index contributed by atoms with van der Waals surface area (Å²) in [5, 5.41) is 0. The monoisotopic (exact) mass is 455 g/mol. The molecule has 2 aromatic rings. The number of sulfonamides is 1. The van der Waals surface area contributed by atoms with Crippen molar-refractivity contribution < 1.29 is 8.42 Å². The third kappa shape index (κ3) is 4.37. The fourth-order valence-corrected chi connectivity index (χ4v) is 6.98. The molecule has 2 aliphatic heterocycles. The number of likely N-dealkylation sites (tertiary alicyclic amines) is 1. The topological polar surface area (TPSA) is 71.4 Å². The number of hydrogen-bond donors (Lipinski definition) is 1. The van der Waals surface area contributed by atoms with E-state index in [4.69, 9.17) is 0 Å². The molecule has 2 bridgehead atoms. The Morgan fingerprint density at radius 2 is 1.72 bits per heavy atom. The first-order valence-electron chi connectivity index (χ1n) is 11.9. The molecule has 6 nitrogen and oxygen atoms in total. The molecule has 0 amide bonds.